The van der Waals surface area contributed by atoms with Gasteiger partial charge < -0.3 is 14.6 Å². The van der Waals surface area contributed by atoms with E-state index in [1.54, 1.807) is 0 Å². The maximum absolute atomic E-state index is 12.4. The van der Waals surface area contributed by atoms with Crippen molar-refractivity contribution in [2.24, 2.45) is 0 Å². The standard InChI is InChI=1S/C14H21F3O3Si/c15-14(16,17)12-8-6-11(7-9-12)5-3-1-2-4-10-13(18,19)20-21/h6-9,18-19H,1-5,10H2,21H3. The minimum atomic E-state index is -4.29. The van der Waals surface area contributed by atoms with Crippen molar-refractivity contribution in [2.75, 3.05) is 0 Å². The van der Waals surface area contributed by atoms with E-state index in [2.05, 4.69) is 4.43 Å². The van der Waals surface area contributed by atoms with Crippen LogP contribution in [0.3, 0.4) is 0 Å². The molecule has 0 atom stereocenters. The lowest BCUT2D eigenvalue weighted by Crippen LogP contribution is -2.30. The molecule has 0 spiro atoms. The minimum absolute atomic E-state index is 0.177. The first-order chi connectivity index (χ1) is 9.74. The minimum Gasteiger partial charge on any atom is -0.381 e. The van der Waals surface area contributed by atoms with Gasteiger partial charge in [-0.25, -0.2) is 0 Å². The normalized spacial score (nSPS) is 12.8. The van der Waals surface area contributed by atoms with Gasteiger partial charge in [0.2, 0.25) is 0 Å². The van der Waals surface area contributed by atoms with Crippen molar-refractivity contribution >= 4 is 10.5 Å². The van der Waals surface area contributed by atoms with Gasteiger partial charge in [0.15, 0.2) is 10.5 Å². The molecule has 0 heterocycles. The lowest BCUT2D eigenvalue weighted by molar-refractivity contribution is -0.295. The largest absolute Gasteiger partial charge is 0.416 e. The number of rotatable bonds is 8. The molecule has 0 unspecified atom stereocenters. The van der Waals surface area contributed by atoms with Crippen molar-refractivity contribution in [3.05, 3.63) is 35.4 Å². The molecule has 0 aliphatic carbocycles. The highest BCUT2D eigenvalue weighted by Gasteiger charge is 2.29. The molecule has 1 aromatic carbocycles. The summed E-state index contributed by atoms with van der Waals surface area (Å²) in [6.45, 7) is 0. The SMILES string of the molecule is OC(O)(CCCCCCc1ccc(C(F)(F)F)cc1)O[SiH3]. The van der Waals surface area contributed by atoms with Gasteiger partial charge in [-0.3, -0.25) is 0 Å². The number of hydrogen-bond acceptors (Lipinski definition) is 3. The average molecular weight is 322 g/mol. The highest BCUT2D eigenvalue weighted by atomic mass is 28.2. The first-order valence-electron chi connectivity index (χ1n) is 6.91. The van der Waals surface area contributed by atoms with Gasteiger partial charge in [-0.05, 0) is 37.0 Å². The summed E-state index contributed by atoms with van der Waals surface area (Å²) >= 11 is 0. The molecule has 0 fully saturated rings. The van der Waals surface area contributed by atoms with Crippen LogP contribution >= 0.6 is 0 Å². The van der Waals surface area contributed by atoms with E-state index in [0.717, 1.165) is 43.4 Å². The second kappa shape index (κ2) is 7.93. The maximum Gasteiger partial charge on any atom is 0.416 e. The first-order valence-corrected chi connectivity index (χ1v) is 7.72. The van der Waals surface area contributed by atoms with Crippen LogP contribution in [-0.2, 0) is 17.0 Å². The summed E-state index contributed by atoms with van der Waals surface area (Å²) in [4.78, 5) is 0. The number of aliphatic hydroxyl groups is 2. The zero-order valence-electron chi connectivity index (χ0n) is 12.0. The van der Waals surface area contributed by atoms with Crippen LogP contribution in [-0.4, -0.2) is 26.7 Å². The predicted octanol–water partition coefficient (Wildman–Crippen LogP) is 2.13. The van der Waals surface area contributed by atoms with Crippen molar-refractivity contribution in [3.63, 3.8) is 0 Å². The van der Waals surface area contributed by atoms with Crippen LogP contribution in [0.5, 0.6) is 0 Å². The zero-order chi connectivity index (χ0) is 15.9. The van der Waals surface area contributed by atoms with E-state index in [9.17, 15) is 23.4 Å². The number of unbranched alkanes of at least 4 members (excludes halogenated alkanes) is 3. The van der Waals surface area contributed by atoms with Crippen molar-refractivity contribution in [2.45, 2.75) is 50.7 Å². The summed E-state index contributed by atoms with van der Waals surface area (Å²) in [5, 5.41) is 18.5. The molecule has 0 aromatic heterocycles. The Morgan fingerprint density at radius 1 is 0.952 bits per heavy atom. The number of hydrogen-bond donors (Lipinski definition) is 2. The third kappa shape index (κ3) is 7.08. The van der Waals surface area contributed by atoms with Crippen molar-refractivity contribution in [3.8, 4) is 0 Å². The third-order valence-corrected chi connectivity index (χ3v) is 3.98. The molecule has 0 aliphatic heterocycles. The van der Waals surface area contributed by atoms with Crippen molar-refractivity contribution in [1.29, 1.82) is 0 Å². The predicted molar refractivity (Wildman–Crippen MR) is 76.4 cm³/mol. The molecule has 7 heteroatoms. The van der Waals surface area contributed by atoms with Gasteiger partial charge in [-0.1, -0.05) is 25.0 Å². The Hall–Kier alpha value is -0.893. The Kier molecular flexibility index (Phi) is 6.86. The van der Waals surface area contributed by atoms with Crippen LogP contribution in [0, 0.1) is 0 Å². The molecule has 21 heavy (non-hydrogen) atoms. The number of alkyl halides is 3. The quantitative estimate of drug-likeness (QED) is 0.438. The fraction of sp³-hybridized carbons (Fsp3) is 0.571. The summed E-state index contributed by atoms with van der Waals surface area (Å²) < 4.78 is 41.8. The highest BCUT2D eigenvalue weighted by Crippen LogP contribution is 2.29. The first kappa shape index (κ1) is 18.2. The van der Waals surface area contributed by atoms with E-state index >= 15 is 0 Å². The molecule has 0 radical (unpaired) electrons. The Bertz CT molecular complexity index is 418. The molecule has 0 bridgehead atoms. The smallest absolute Gasteiger partial charge is 0.381 e. The van der Waals surface area contributed by atoms with E-state index in [1.165, 1.54) is 12.1 Å². The molecule has 0 saturated carbocycles. The molecule has 1 rings (SSSR count). The number of benzene rings is 1. The van der Waals surface area contributed by atoms with Crippen molar-refractivity contribution in [1.82, 2.24) is 0 Å². The lowest BCUT2D eigenvalue weighted by Gasteiger charge is -2.19. The van der Waals surface area contributed by atoms with E-state index in [0.29, 0.717) is 6.42 Å². The molecular formula is C14H21F3O3Si. The van der Waals surface area contributed by atoms with Crippen LogP contribution in [0.15, 0.2) is 24.3 Å². The van der Waals surface area contributed by atoms with E-state index < -0.39 is 17.7 Å². The topological polar surface area (TPSA) is 49.7 Å². The lowest BCUT2D eigenvalue weighted by atomic mass is 10.0. The molecule has 0 saturated heterocycles. The van der Waals surface area contributed by atoms with Gasteiger partial charge in [0, 0.05) is 6.42 Å². The molecule has 3 nitrogen and oxygen atoms in total. The fourth-order valence-electron chi connectivity index (χ4n) is 2.00. The highest BCUT2D eigenvalue weighted by molar-refractivity contribution is 5.98. The molecular weight excluding hydrogens is 301 g/mol. The van der Waals surface area contributed by atoms with Crippen LogP contribution in [0.1, 0.15) is 43.2 Å². The van der Waals surface area contributed by atoms with Gasteiger partial charge in [-0.2, -0.15) is 13.2 Å². The summed E-state index contributed by atoms with van der Waals surface area (Å²) in [6, 6.07) is 5.21. The monoisotopic (exact) mass is 322 g/mol. The Morgan fingerprint density at radius 2 is 1.52 bits per heavy atom. The summed E-state index contributed by atoms with van der Waals surface area (Å²) in [5.74, 6) is -2.00. The van der Waals surface area contributed by atoms with Gasteiger partial charge in [0.05, 0.1) is 5.56 Å². The summed E-state index contributed by atoms with van der Waals surface area (Å²) in [5.41, 5.74) is 0.251. The maximum atomic E-state index is 12.4. The number of aryl methyl sites for hydroxylation is 1. The average Bonchev–Trinajstić information content (AvgIpc) is 2.42. The fourth-order valence-corrected chi connectivity index (χ4v) is 2.20. The third-order valence-electron chi connectivity index (χ3n) is 3.33. The molecule has 0 aliphatic rings. The van der Waals surface area contributed by atoms with Gasteiger partial charge in [0.25, 0.3) is 5.97 Å². The molecule has 2 N–H and O–H groups in total. The van der Waals surface area contributed by atoms with Crippen LogP contribution < -0.4 is 0 Å². The number of halogens is 3. The van der Waals surface area contributed by atoms with E-state index in [1.807, 2.05) is 0 Å². The van der Waals surface area contributed by atoms with Gasteiger partial charge in [-0.15, -0.1) is 0 Å². The van der Waals surface area contributed by atoms with Crippen LogP contribution in [0.2, 0.25) is 0 Å². The molecule has 120 valence electrons. The van der Waals surface area contributed by atoms with Crippen LogP contribution in [0.4, 0.5) is 13.2 Å². The Morgan fingerprint density at radius 3 is 2.05 bits per heavy atom. The van der Waals surface area contributed by atoms with Crippen LogP contribution in [0.25, 0.3) is 0 Å². The van der Waals surface area contributed by atoms with Gasteiger partial charge in [0.1, 0.15) is 0 Å². The molecule has 0 amide bonds. The van der Waals surface area contributed by atoms with Gasteiger partial charge >= 0.3 is 6.18 Å². The summed E-state index contributed by atoms with van der Waals surface area (Å²) in [7, 11) is 0.266. The Labute approximate surface area is 125 Å². The zero-order valence-corrected chi connectivity index (χ0v) is 14.0. The Balaban J connectivity index is 2.22. The van der Waals surface area contributed by atoms with E-state index in [4.69, 9.17) is 0 Å². The second-order valence-corrected chi connectivity index (χ2v) is 5.46. The molecule has 1 aromatic rings. The van der Waals surface area contributed by atoms with Crippen molar-refractivity contribution < 1.29 is 27.8 Å². The summed E-state index contributed by atoms with van der Waals surface area (Å²) in [6.07, 6.45) is -0.175. The second-order valence-electron chi connectivity index (χ2n) is 5.06. The van der Waals surface area contributed by atoms with E-state index in [-0.39, 0.29) is 16.9 Å².